The maximum absolute atomic E-state index is 12.3. The third-order valence-corrected chi connectivity index (χ3v) is 6.27. The van der Waals surface area contributed by atoms with E-state index in [2.05, 4.69) is 15.1 Å². The SMILES string of the molecule is O=C(NCCN(C1CCOCC1)C1CCN(C(=O)C2CC2)CC1)c1ccoc1. The molecular formula is C21H31N3O4. The molecule has 1 saturated carbocycles. The standard InChI is InChI=1S/C21H31N3O4/c25-20(17-5-12-28-15-17)22-8-11-24(19-6-13-27-14-7-19)18-3-9-23(10-4-18)21(26)16-1-2-16/h5,12,15-16,18-19H,1-4,6-11,13-14H2,(H,22,25). The molecule has 2 saturated heterocycles. The maximum atomic E-state index is 12.3. The quantitative estimate of drug-likeness (QED) is 0.771. The topological polar surface area (TPSA) is 75.0 Å². The van der Waals surface area contributed by atoms with Crippen LogP contribution in [-0.2, 0) is 9.53 Å². The Bertz CT molecular complexity index is 645. The molecule has 1 aromatic heterocycles. The number of hydrogen-bond acceptors (Lipinski definition) is 5. The number of piperidine rings is 1. The lowest BCUT2D eigenvalue weighted by Crippen LogP contribution is -2.53. The molecule has 154 valence electrons. The molecule has 1 N–H and O–H groups in total. The van der Waals surface area contributed by atoms with Gasteiger partial charge in [0.2, 0.25) is 5.91 Å². The van der Waals surface area contributed by atoms with Crippen molar-refractivity contribution in [1.29, 1.82) is 0 Å². The van der Waals surface area contributed by atoms with Gasteiger partial charge in [-0.3, -0.25) is 14.5 Å². The highest BCUT2D eigenvalue weighted by atomic mass is 16.5. The fraction of sp³-hybridized carbons (Fsp3) is 0.714. The van der Waals surface area contributed by atoms with E-state index in [1.807, 2.05) is 0 Å². The zero-order valence-corrected chi connectivity index (χ0v) is 16.5. The fourth-order valence-corrected chi connectivity index (χ4v) is 4.48. The van der Waals surface area contributed by atoms with Crippen LogP contribution in [0.3, 0.4) is 0 Å². The minimum absolute atomic E-state index is 0.0921. The van der Waals surface area contributed by atoms with Gasteiger partial charge in [0.25, 0.3) is 5.91 Å². The summed E-state index contributed by atoms with van der Waals surface area (Å²) in [7, 11) is 0. The summed E-state index contributed by atoms with van der Waals surface area (Å²) in [6.07, 6.45) is 9.25. The van der Waals surface area contributed by atoms with Gasteiger partial charge in [0, 0.05) is 57.4 Å². The van der Waals surface area contributed by atoms with E-state index < -0.39 is 0 Å². The average molecular weight is 389 g/mol. The molecule has 7 heteroatoms. The summed E-state index contributed by atoms with van der Waals surface area (Å²) >= 11 is 0. The molecule has 2 aliphatic heterocycles. The smallest absolute Gasteiger partial charge is 0.254 e. The van der Waals surface area contributed by atoms with E-state index in [4.69, 9.17) is 9.15 Å². The van der Waals surface area contributed by atoms with E-state index in [-0.39, 0.29) is 5.91 Å². The lowest BCUT2D eigenvalue weighted by atomic mass is 9.97. The van der Waals surface area contributed by atoms with E-state index in [1.165, 1.54) is 12.5 Å². The van der Waals surface area contributed by atoms with Crippen LogP contribution in [0.4, 0.5) is 0 Å². The molecule has 1 aromatic rings. The molecule has 0 radical (unpaired) electrons. The van der Waals surface area contributed by atoms with Gasteiger partial charge in [0.15, 0.2) is 0 Å². The first kappa shape index (κ1) is 19.5. The second-order valence-corrected chi connectivity index (χ2v) is 8.18. The summed E-state index contributed by atoms with van der Waals surface area (Å²) in [4.78, 5) is 29.1. The van der Waals surface area contributed by atoms with Crippen LogP contribution in [0.5, 0.6) is 0 Å². The summed E-state index contributed by atoms with van der Waals surface area (Å²) in [5.74, 6) is 0.579. The van der Waals surface area contributed by atoms with Gasteiger partial charge in [-0.1, -0.05) is 0 Å². The Morgan fingerprint density at radius 2 is 1.79 bits per heavy atom. The van der Waals surface area contributed by atoms with Crippen LogP contribution in [0.2, 0.25) is 0 Å². The van der Waals surface area contributed by atoms with Crippen molar-refractivity contribution in [3.8, 4) is 0 Å². The van der Waals surface area contributed by atoms with Gasteiger partial charge in [-0.2, -0.15) is 0 Å². The number of hydrogen-bond donors (Lipinski definition) is 1. The normalized spacial score (nSPS) is 21.8. The Hall–Kier alpha value is -1.86. The Morgan fingerprint density at radius 1 is 1.07 bits per heavy atom. The second kappa shape index (κ2) is 9.09. The van der Waals surface area contributed by atoms with Crippen LogP contribution in [0.15, 0.2) is 23.0 Å². The number of ether oxygens (including phenoxy) is 1. The molecule has 2 amide bonds. The number of amides is 2. The number of furan rings is 1. The average Bonchev–Trinajstić information content (AvgIpc) is 3.45. The molecule has 3 aliphatic rings. The van der Waals surface area contributed by atoms with E-state index in [9.17, 15) is 9.59 Å². The summed E-state index contributed by atoms with van der Waals surface area (Å²) < 4.78 is 10.5. The summed E-state index contributed by atoms with van der Waals surface area (Å²) in [5, 5.41) is 3.01. The van der Waals surface area contributed by atoms with Crippen molar-refractivity contribution in [1.82, 2.24) is 15.1 Å². The monoisotopic (exact) mass is 389 g/mol. The van der Waals surface area contributed by atoms with Gasteiger partial charge < -0.3 is 19.4 Å². The number of carbonyl (C=O) groups is 2. The van der Waals surface area contributed by atoms with Gasteiger partial charge in [-0.05, 0) is 44.6 Å². The second-order valence-electron chi connectivity index (χ2n) is 8.18. The maximum Gasteiger partial charge on any atom is 0.254 e. The Labute approximate surface area is 166 Å². The highest BCUT2D eigenvalue weighted by Gasteiger charge is 2.37. The van der Waals surface area contributed by atoms with Crippen molar-refractivity contribution in [3.63, 3.8) is 0 Å². The molecule has 0 aromatic carbocycles. The van der Waals surface area contributed by atoms with Crippen molar-refractivity contribution in [2.45, 2.75) is 50.6 Å². The van der Waals surface area contributed by atoms with Crippen LogP contribution in [-0.4, -0.2) is 73.1 Å². The van der Waals surface area contributed by atoms with Crippen LogP contribution in [0, 0.1) is 5.92 Å². The molecule has 7 nitrogen and oxygen atoms in total. The van der Waals surface area contributed by atoms with Gasteiger partial charge >= 0.3 is 0 Å². The minimum atomic E-state index is -0.0921. The Kier molecular flexibility index (Phi) is 6.32. The molecule has 4 rings (SSSR count). The number of rotatable bonds is 7. The summed E-state index contributed by atoms with van der Waals surface area (Å²) in [6, 6.07) is 2.64. The third kappa shape index (κ3) is 4.75. The predicted octanol–water partition coefficient (Wildman–Crippen LogP) is 1.89. The highest BCUT2D eigenvalue weighted by Crippen LogP contribution is 2.32. The number of likely N-dealkylation sites (tertiary alicyclic amines) is 1. The molecule has 0 bridgehead atoms. The molecule has 0 spiro atoms. The first-order chi connectivity index (χ1) is 13.7. The van der Waals surface area contributed by atoms with E-state index in [0.717, 1.165) is 71.4 Å². The van der Waals surface area contributed by atoms with Crippen molar-refractivity contribution >= 4 is 11.8 Å². The van der Waals surface area contributed by atoms with Crippen molar-refractivity contribution in [2.24, 2.45) is 5.92 Å². The van der Waals surface area contributed by atoms with E-state index in [1.54, 1.807) is 6.07 Å². The van der Waals surface area contributed by atoms with Crippen LogP contribution in [0.25, 0.3) is 0 Å². The first-order valence-corrected chi connectivity index (χ1v) is 10.6. The number of carbonyl (C=O) groups excluding carboxylic acids is 2. The fourth-order valence-electron chi connectivity index (χ4n) is 4.48. The lowest BCUT2D eigenvalue weighted by Gasteiger charge is -2.43. The summed E-state index contributed by atoms with van der Waals surface area (Å²) in [6.45, 7) is 4.78. The van der Waals surface area contributed by atoms with Crippen molar-refractivity contribution in [3.05, 3.63) is 24.2 Å². The van der Waals surface area contributed by atoms with Crippen LogP contribution >= 0.6 is 0 Å². The minimum Gasteiger partial charge on any atom is -0.472 e. The van der Waals surface area contributed by atoms with E-state index in [0.29, 0.717) is 36.0 Å². The highest BCUT2D eigenvalue weighted by molar-refractivity contribution is 5.93. The molecule has 1 aliphatic carbocycles. The summed E-state index contributed by atoms with van der Waals surface area (Å²) in [5.41, 5.74) is 0.560. The van der Waals surface area contributed by atoms with Gasteiger partial charge in [-0.15, -0.1) is 0 Å². The van der Waals surface area contributed by atoms with Crippen LogP contribution in [0.1, 0.15) is 48.9 Å². The molecule has 0 atom stereocenters. The van der Waals surface area contributed by atoms with Gasteiger partial charge in [0.05, 0.1) is 11.8 Å². The Morgan fingerprint density at radius 3 is 2.43 bits per heavy atom. The van der Waals surface area contributed by atoms with Gasteiger partial charge in [-0.25, -0.2) is 0 Å². The number of nitrogens with zero attached hydrogens (tertiary/aromatic N) is 2. The first-order valence-electron chi connectivity index (χ1n) is 10.6. The molecule has 0 unspecified atom stereocenters. The van der Waals surface area contributed by atoms with Crippen LogP contribution < -0.4 is 5.32 Å². The zero-order chi connectivity index (χ0) is 19.3. The van der Waals surface area contributed by atoms with Crippen molar-refractivity contribution < 1.29 is 18.7 Å². The predicted molar refractivity (Wildman–Crippen MR) is 104 cm³/mol. The molecule has 3 fully saturated rings. The third-order valence-electron chi connectivity index (χ3n) is 6.27. The largest absolute Gasteiger partial charge is 0.472 e. The number of nitrogens with one attached hydrogen (secondary N) is 1. The van der Waals surface area contributed by atoms with Crippen molar-refractivity contribution in [2.75, 3.05) is 39.4 Å². The molecule has 28 heavy (non-hydrogen) atoms. The molecule has 3 heterocycles. The van der Waals surface area contributed by atoms with E-state index >= 15 is 0 Å². The zero-order valence-electron chi connectivity index (χ0n) is 16.5. The molecular weight excluding hydrogens is 358 g/mol. The lowest BCUT2D eigenvalue weighted by molar-refractivity contribution is -0.134. The Balaban J connectivity index is 1.31. The van der Waals surface area contributed by atoms with Gasteiger partial charge in [0.1, 0.15) is 6.26 Å².